The van der Waals surface area contributed by atoms with E-state index in [2.05, 4.69) is 6.92 Å². The van der Waals surface area contributed by atoms with Crippen molar-refractivity contribution < 1.29 is 8.42 Å². The number of anilines is 1. The van der Waals surface area contributed by atoms with Gasteiger partial charge in [0.2, 0.25) is 0 Å². The van der Waals surface area contributed by atoms with Crippen LogP contribution in [-0.4, -0.2) is 21.0 Å². The summed E-state index contributed by atoms with van der Waals surface area (Å²) in [6.45, 7) is 2.42. The second-order valence-corrected chi connectivity index (χ2v) is 7.89. The number of nitrogens with two attached hydrogens (primary N) is 1. The average molecular weight is 330 g/mol. The van der Waals surface area contributed by atoms with E-state index < -0.39 is 10.0 Å². The van der Waals surface area contributed by atoms with Crippen molar-refractivity contribution in [3.8, 4) is 0 Å². The van der Waals surface area contributed by atoms with Gasteiger partial charge >= 0.3 is 0 Å². The molecule has 0 radical (unpaired) electrons. The van der Waals surface area contributed by atoms with Gasteiger partial charge in [-0.2, -0.15) is 0 Å². The number of rotatable bonds is 4. The van der Waals surface area contributed by atoms with E-state index in [0.29, 0.717) is 17.9 Å². The van der Waals surface area contributed by atoms with Crippen LogP contribution in [0.3, 0.4) is 0 Å². The maximum absolute atomic E-state index is 13.0. The number of fused-ring (bicyclic) bond motifs is 1. The average Bonchev–Trinajstić information content (AvgIpc) is 2.55. The predicted octanol–water partition coefficient (Wildman–Crippen LogP) is 2.72. The Hall–Kier alpha value is -1.85. The van der Waals surface area contributed by atoms with Crippen molar-refractivity contribution in [1.82, 2.24) is 0 Å². The van der Waals surface area contributed by atoms with Gasteiger partial charge in [-0.15, -0.1) is 0 Å². The molecule has 0 aromatic heterocycles. The molecule has 3 rings (SSSR count). The van der Waals surface area contributed by atoms with Gasteiger partial charge in [0, 0.05) is 12.6 Å². The van der Waals surface area contributed by atoms with Gasteiger partial charge in [-0.1, -0.05) is 43.7 Å². The first-order chi connectivity index (χ1) is 11.0. The van der Waals surface area contributed by atoms with Crippen LogP contribution in [0.4, 0.5) is 5.69 Å². The Kier molecular flexibility index (Phi) is 4.41. The zero-order valence-electron chi connectivity index (χ0n) is 13.3. The molecule has 1 unspecified atom stereocenters. The van der Waals surface area contributed by atoms with Gasteiger partial charge < -0.3 is 5.73 Å². The summed E-state index contributed by atoms with van der Waals surface area (Å²) in [6, 6.07) is 14.6. The first-order valence-electron chi connectivity index (χ1n) is 7.97. The van der Waals surface area contributed by atoms with Crippen LogP contribution in [0.2, 0.25) is 0 Å². The van der Waals surface area contributed by atoms with Crippen LogP contribution >= 0.6 is 0 Å². The summed E-state index contributed by atoms with van der Waals surface area (Å²) in [4.78, 5) is 0.321. The maximum atomic E-state index is 13.0. The van der Waals surface area contributed by atoms with E-state index in [1.165, 1.54) is 4.31 Å². The topological polar surface area (TPSA) is 63.4 Å². The van der Waals surface area contributed by atoms with Crippen molar-refractivity contribution in [2.24, 2.45) is 5.73 Å². The standard InChI is InChI=1S/C18H22N2O2S/c1-2-5-14-8-10-17(11-9-14)23(21,22)20-13-16(19)12-15-6-3-4-7-18(15)20/h3-4,6-11,16H,2,5,12-13,19H2,1H3. The third-order valence-corrected chi connectivity index (χ3v) is 5.99. The number of hydrogen-bond donors (Lipinski definition) is 1. The number of aryl methyl sites for hydroxylation is 1. The van der Waals surface area contributed by atoms with Crippen LogP contribution < -0.4 is 10.0 Å². The normalized spacial score (nSPS) is 17.8. The molecule has 0 bridgehead atoms. The summed E-state index contributed by atoms with van der Waals surface area (Å²) in [6.07, 6.45) is 2.70. The van der Waals surface area contributed by atoms with Crippen molar-refractivity contribution in [3.63, 3.8) is 0 Å². The largest absolute Gasteiger partial charge is 0.326 e. The first kappa shape index (κ1) is 16.0. The summed E-state index contributed by atoms with van der Waals surface area (Å²) in [5.74, 6) is 0. The summed E-state index contributed by atoms with van der Waals surface area (Å²) in [5.41, 5.74) is 8.95. The third-order valence-electron chi connectivity index (χ3n) is 4.19. The highest BCUT2D eigenvalue weighted by molar-refractivity contribution is 7.92. The Labute approximate surface area is 138 Å². The molecule has 4 nitrogen and oxygen atoms in total. The fraction of sp³-hybridized carbons (Fsp3) is 0.333. The van der Waals surface area contributed by atoms with Gasteiger partial charge in [-0.3, -0.25) is 4.31 Å². The monoisotopic (exact) mass is 330 g/mol. The number of nitrogens with zero attached hydrogens (tertiary/aromatic N) is 1. The Morgan fingerprint density at radius 3 is 2.52 bits per heavy atom. The molecule has 2 aromatic carbocycles. The lowest BCUT2D eigenvalue weighted by Gasteiger charge is -2.33. The van der Waals surface area contributed by atoms with Crippen LogP contribution in [0.25, 0.3) is 0 Å². The minimum absolute atomic E-state index is 0.181. The van der Waals surface area contributed by atoms with E-state index in [-0.39, 0.29) is 6.04 Å². The molecule has 0 fully saturated rings. The Bertz CT molecular complexity index is 785. The fourth-order valence-corrected chi connectivity index (χ4v) is 4.62. The molecule has 1 aliphatic heterocycles. The highest BCUT2D eigenvalue weighted by Crippen LogP contribution is 2.31. The quantitative estimate of drug-likeness (QED) is 0.937. The number of hydrogen-bond acceptors (Lipinski definition) is 3. The van der Waals surface area contributed by atoms with E-state index in [1.54, 1.807) is 12.1 Å². The Balaban J connectivity index is 1.99. The van der Waals surface area contributed by atoms with Crippen LogP contribution in [0.5, 0.6) is 0 Å². The Morgan fingerprint density at radius 2 is 1.83 bits per heavy atom. The Morgan fingerprint density at radius 1 is 1.13 bits per heavy atom. The molecule has 0 amide bonds. The highest BCUT2D eigenvalue weighted by atomic mass is 32.2. The molecule has 2 N–H and O–H groups in total. The molecule has 0 spiro atoms. The van der Waals surface area contributed by atoms with Gasteiger partial charge in [-0.05, 0) is 42.2 Å². The van der Waals surface area contributed by atoms with Crippen molar-refractivity contribution in [1.29, 1.82) is 0 Å². The van der Waals surface area contributed by atoms with E-state index >= 15 is 0 Å². The predicted molar refractivity (Wildman–Crippen MR) is 93.1 cm³/mol. The zero-order chi connectivity index (χ0) is 16.4. The van der Waals surface area contributed by atoms with Crippen LogP contribution in [0, 0.1) is 0 Å². The number of benzene rings is 2. The summed E-state index contributed by atoms with van der Waals surface area (Å²) in [5, 5.41) is 0. The lowest BCUT2D eigenvalue weighted by molar-refractivity contribution is 0.575. The minimum Gasteiger partial charge on any atom is -0.326 e. The summed E-state index contributed by atoms with van der Waals surface area (Å²) < 4.78 is 27.5. The molecule has 5 heteroatoms. The molecular formula is C18H22N2O2S. The molecule has 1 heterocycles. The highest BCUT2D eigenvalue weighted by Gasteiger charge is 2.31. The maximum Gasteiger partial charge on any atom is 0.264 e. The van der Waals surface area contributed by atoms with Crippen LogP contribution in [-0.2, 0) is 22.9 Å². The van der Waals surface area contributed by atoms with Gasteiger partial charge in [0.25, 0.3) is 10.0 Å². The van der Waals surface area contributed by atoms with Gasteiger partial charge in [0.05, 0.1) is 10.6 Å². The van der Waals surface area contributed by atoms with Gasteiger partial charge in [0.1, 0.15) is 0 Å². The lowest BCUT2D eigenvalue weighted by Crippen LogP contribution is -2.46. The molecule has 0 aliphatic carbocycles. The van der Waals surface area contributed by atoms with E-state index in [4.69, 9.17) is 5.73 Å². The molecular weight excluding hydrogens is 308 g/mol. The van der Waals surface area contributed by atoms with Crippen molar-refractivity contribution in [2.45, 2.75) is 37.1 Å². The molecule has 1 atom stereocenters. The molecule has 0 saturated carbocycles. The summed E-state index contributed by atoms with van der Waals surface area (Å²) in [7, 11) is -3.59. The van der Waals surface area contributed by atoms with Crippen molar-refractivity contribution >= 4 is 15.7 Å². The van der Waals surface area contributed by atoms with Gasteiger partial charge in [0.15, 0.2) is 0 Å². The van der Waals surface area contributed by atoms with Crippen molar-refractivity contribution in [3.05, 3.63) is 59.7 Å². The summed E-state index contributed by atoms with van der Waals surface area (Å²) >= 11 is 0. The molecule has 1 aliphatic rings. The molecule has 122 valence electrons. The van der Waals surface area contributed by atoms with E-state index in [9.17, 15) is 8.42 Å². The fourth-order valence-electron chi connectivity index (χ4n) is 3.06. The van der Waals surface area contributed by atoms with E-state index in [1.807, 2.05) is 36.4 Å². The molecule has 2 aromatic rings. The second-order valence-electron chi connectivity index (χ2n) is 6.02. The lowest BCUT2D eigenvalue weighted by atomic mass is 10.0. The van der Waals surface area contributed by atoms with Crippen molar-refractivity contribution in [2.75, 3.05) is 10.8 Å². The number of para-hydroxylation sites is 1. The zero-order valence-corrected chi connectivity index (χ0v) is 14.1. The SMILES string of the molecule is CCCc1ccc(S(=O)(=O)N2CC(N)Cc3ccccc32)cc1. The smallest absolute Gasteiger partial charge is 0.264 e. The molecule has 0 saturated heterocycles. The third kappa shape index (κ3) is 3.12. The number of sulfonamides is 1. The van der Waals surface area contributed by atoms with Crippen LogP contribution in [0.15, 0.2) is 53.4 Å². The molecule has 23 heavy (non-hydrogen) atoms. The second kappa shape index (κ2) is 6.34. The first-order valence-corrected chi connectivity index (χ1v) is 9.41. The minimum atomic E-state index is -3.59. The van der Waals surface area contributed by atoms with Gasteiger partial charge in [-0.25, -0.2) is 8.42 Å². The van der Waals surface area contributed by atoms with Crippen LogP contribution in [0.1, 0.15) is 24.5 Å². The van der Waals surface area contributed by atoms with E-state index in [0.717, 1.165) is 29.7 Å².